The summed E-state index contributed by atoms with van der Waals surface area (Å²) in [5, 5.41) is 14.2. The molecule has 4 heterocycles. The van der Waals surface area contributed by atoms with Crippen molar-refractivity contribution in [3.8, 4) is 16.9 Å². The minimum absolute atomic E-state index is 0.509. The maximum Gasteiger partial charge on any atom is 0.100 e. The van der Waals surface area contributed by atoms with Gasteiger partial charge in [-0.2, -0.15) is 10.2 Å². The molecule has 27 heavy (non-hydrogen) atoms. The summed E-state index contributed by atoms with van der Waals surface area (Å²) in [5.41, 5.74) is 5.38. The summed E-state index contributed by atoms with van der Waals surface area (Å²) in [6, 6.07) is 12.5. The Labute approximate surface area is 157 Å². The van der Waals surface area contributed by atoms with E-state index in [2.05, 4.69) is 40.8 Å². The molecule has 0 amide bonds. The molecule has 1 aromatic carbocycles. The van der Waals surface area contributed by atoms with E-state index in [0.717, 1.165) is 40.9 Å². The number of aromatic nitrogens is 5. The van der Waals surface area contributed by atoms with Gasteiger partial charge in [-0.3, -0.25) is 9.67 Å². The van der Waals surface area contributed by atoms with E-state index in [4.69, 9.17) is 10.2 Å². The predicted octanol–water partition coefficient (Wildman–Crippen LogP) is 3.29. The summed E-state index contributed by atoms with van der Waals surface area (Å²) >= 11 is 0. The molecule has 0 bridgehead atoms. The van der Waals surface area contributed by atoms with Gasteiger partial charge in [0.1, 0.15) is 5.69 Å². The molecule has 1 fully saturated rings. The summed E-state index contributed by atoms with van der Waals surface area (Å²) in [5.74, 6) is 0.509. The van der Waals surface area contributed by atoms with Crippen LogP contribution in [0.2, 0.25) is 0 Å². The lowest BCUT2D eigenvalue weighted by Gasteiger charge is -2.20. The highest BCUT2D eigenvalue weighted by atomic mass is 15.3. The number of benzene rings is 1. The van der Waals surface area contributed by atoms with Gasteiger partial charge < -0.3 is 5.32 Å². The SMILES string of the molecule is Cn1nc(-c2ccncc2)c2cc(-n3ccc(C4CCCNC4)n3)ccc21. The number of pyridine rings is 1. The minimum atomic E-state index is 0.509. The Hall–Kier alpha value is -2.99. The quantitative estimate of drug-likeness (QED) is 0.610. The molecule has 1 unspecified atom stereocenters. The van der Waals surface area contributed by atoms with Gasteiger partial charge in [0.05, 0.1) is 16.9 Å². The first kappa shape index (κ1) is 16.2. The molecule has 5 rings (SSSR count). The first-order valence-corrected chi connectivity index (χ1v) is 9.43. The zero-order valence-corrected chi connectivity index (χ0v) is 15.3. The van der Waals surface area contributed by atoms with Crippen molar-refractivity contribution in [2.45, 2.75) is 18.8 Å². The molecule has 1 aliphatic rings. The van der Waals surface area contributed by atoms with E-state index in [-0.39, 0.29) is 0 Å². The lowest BCUT2D eigenvalue weighted by molar-refractivity contribution is 0.453. The number of aryl methyl sites for hydroxylation is 1. The van der Waals surface area contributed by atoms with Gasteiger partial charge in [-0.15, -0.1) is 0 Å². The van der Waals surface area contributed by atoms with E-state index in [1.807, 2.05) is 28.5 Å². The lowest BCUT2D eigenvalue weighted by atomic mass is 9.97. The molecule has 1 atom stereocenters. The second-order valence-corrected chi connectivity index (χ2v) is 7.14. The minimum Gasteiger partial charge on any atom is -0.316 e. The van der Waals surface area contributed by atoms with Gasteiger partial charge in [-0.25, -0.2) is 4.68 Å². The normalized spacial score (nSPS) is 17.4. The number of nitrogens with one attached hydrogen (secondary N) is 1. The van der Waals surface area contributed by atoms with Crippen LogP contribution in [0.4, 0.5) is 0 Å². The van der Waals surface area contributed by atoms with Crippen LogP contribution in [0.5, 0.6) is 0 Å². The van der Waals surface area contributed by atoms with Crippen molar-refractivity contribution >= 4 is 10.9 Å². The fourth-order valence-electron chi connectivity index (χ4n) is 3.92. The highest BCUT2D eigenvalue weighted by molar-refractivity contribution is 5.94. The van der Waals surface area contributed by atoms with Crippen molar-refractivity contribution < 1.29 is 0 Å². The molecule has 1 saturated heterocycles. The average molecular weight is 358 g/mol. The number of fused-ring (bicyclic) bond motifs is 1. The van der Waals surface area contributed by atoms with E-state index >= 15 is 0 Å². The maximum absolute atomic E-state index is 4.86. The standard InChI is InChI=1S/C21H22N6/c1-26-20-5-4-17(13-18(20)21(25-26)15-6-10-22-11-7-15)27-12-8-19(24-27)16-3-2-9-23-14-16/h4-8,10-13,16,23H,2-3,9,14H2,1H3. The molecule has 3 aromatic heterocycles. The second kappa shape index (κ2) is 6.63. The molecule has 0 spiro atoms. The van der Waals surface area contributed by atoms with Crippen LogP contribution in [-0.4, -0.2) is 37.6 Å². The van der Waals surface area contributed by atoms with Crippen LogP contribution < -0.4 is 5.32 Å². The van der Waals surface area contributed by atoms with Crippen LogP contribution in [0.1, 0.15) is 24.5 Å². The molecule has 6 heteroatoms. The van der Waals surface area contributed by atoms with E-state index in [9.17, 15) is 0 Å². The number of hydrogen-bond acceptors (Lipinski definition) is 4. The third-order valence-corrected chi connectivity index (χ3v) is 5.38. The topological polar surface area (TPSA) is 60.6 Å². The van der Waals surface area contributed by atoms with E-state index in [1.54, 1.807) is 12.4 Å². The van der Waals surface area contributed by atoms with Crippen molar-refractivity contribution in [3.05, 3.63) is 60.7 Å². The third kappa shape index (κ3) is 2.92. The van der Waals surface area contributed by atoms with Gasteiger partial charge >= 0.3 is 0 Å². The second-order valence-electron chi connectivity index (χ2n) is 7.14. The molecule has 0 saturated carbocycles. The first-order chi connectivity index (χ1) is 13.3. The Morgan fingerprint density at radius 3 is 2.78 bits per heavy atom. The molecular formula is C21H22N6. The summed E-state index contributed by atoms with van der Waals surface area (Å²) < 4.78 is 3.91. The Bertz CT molecular complexity index is 1070. The predicted molar refractivity (Wildman–Crippen MR) is 106 cm³/mol. The Morgan fingerprint density at radius 1 is 1.07 bits per heavy atom. The van der Waals surface area contributed by atoms with Crippen molar-refractivity contribution in [1.29, 1.82) is 0 Å². The molecule has 4 aromatic rings. The molecule has 1 aliphatic heterocycles. The Morgan fingerprint density at radius 2 is 1.96 bits per heavy atom. The van der Waals surface area contributed by atoms with Gasteiger partial charge in [-0.1, -0.05) is 0 Å². The van der Waals surface area contributed by atoms with Crippen LogP contribution in [0.15, 0.2) is 55.0 Å². The van der Waals surface area contributed by atoms with E-state index < -0.39 is 0 Å². The third-order valence-electron chi connectivity index (χ3n) is 5.38. The average Bonchev–Trinajstić information content (AvgIpc) is 3.35. The monoisotopic (exact) mass is 358 g/mol. The van der Waals surface area contributed by atoms with Crippen LogP contribution >= 0.6 is 0 Å². The van der Waals surface area contributed by atoms with Crippen LogP contribution in [0, 0.1) is 0 Å². The van der Waals surface area contributed by atoms with Crippen LogP contribution in [0.3, 0.4) is 0 Å². The summed E-state index contributed by atoms with van der Waals surface area (Å²) in [6.07, 6.45) is 8.09. The number of hydrogen-bond donors (Lipinski definition) is 1. The highest BCUT2D eigenvalue weighted by Crippen LogP contribution is 2.29. The molecular weight excluding hydrogens is 336 g/mol. The van der Waals surface area contributed by atoms with Crippen molar-refractivity contribution in [3.63, 3.8) is 0 Å². The van der Waals surface area contributed by atoms with Crippen molar-refractivity contribution in [1.82, 2.24) is 29.9 Å². The van der Waals surface area contributed by atoms with Crippen LogP contribution in [-0.2, 0) is 7.05 Å². The molecule has 6 nitrogen and oxygen atoms in total. The number of rotatable bonds is 3. The molecule has 1 N–H and O–H groups in total. The molecule has 0 aliphatic carbocycles. The summed E-state index contributed by atoms with van der Waals surface area (Å²) in [6.45, 7) is 2.14. The Balaban J connectivity index is 1.56. The van der Waals surface area contributed by atoms with Gasteiger partial charge in [0.25, 0.3) is 0 Å². The van der Waals surface area contributed by atoms with Crippen LogP contribution in [0.25, 0.3) is 27.8 Å². The van der Waals surface area contributed by atoms with Crippen molar-refractivity contribution in [2.24, 2.45) is 7.05 Å². The lowest BCUT2D eigenvalue weighted by Crippen LogP contribution is -2.28. The first-order valence-electron chi connectivity index (χ1n) is 9.43. The van der Waals surface area contributed by atoms with Gasteiger partial charge in [-0.05, 0) is 55.8 Å². The fraction of sp³-hybridized carbons (Fsp3) is 0.286. The zero-order chi connectivity index (χ0) is 18.2. The number of nitrogens with zero attached hydrogens (tertiary/aromatic N) is 5. The fourth-order valence-corrected chi connectivity index (χ4v) is 3.92. The zero-order valence-electron chi connectivity index (χ0n) is 15.3. The van der Waals surface area contributed by atoms with E-state index in [0.29, 0.717) is 5.92 Å². The number of piperidine rings is 1. The maximum atomic E-state index is 4.86. The highest BCUT2D eigenvalue weighted by Gasteiger charge is 2.18. The summed E-state index contributed by atoms with van der Waals surface area (Å²) in [7, 11) is 1.98. The van der Waals surface area contributed by atoms with Gasteiger partial charge in [0.2, 0.25) is 0 Å². The van der Waals surface area contributed by atoms with Crippen molar-refractivity contribution in [2.75, 3.05) is 13.1 Å². The largest absolute Gasteiger partial charge is 0.316 e. The Kier molecular flexibility index (Phi) is 3.98. The smallest absolute Gasteiger partial charge is 0.100 e. The van der Waals surface area contributed by atoms with Gasteiger partial charge in [0.15, 0.2) is 0 Å². The molecule has 0 radical (unpaired) electrons. The summed E-state index contributed by atoms with van der Waals surface area (Å²) in [4.78, 5) is 4.12. The molecule has 136 valence electrons. The van der Waals surface area contributed by atoms with Gasteiger partial charge in [0, 0.05) is 49.1 Å². The van der Waals surface area contributed by atoms with E-state index in [1.165, 1.54) is 18.5 Å².